The zero-order chi connectivity index (χ0) is 26.2. The normalized spacial score (nSPS) is 18.5. The van der Waals surface area contributed by atoms with E-state index < -0.39 is 30.1 Å². The van der Waals surface area contributed by atoms with Crippen molar-refractivity contribution in [1.29, 1.82) is 0 Å². The number of rotatable bonds is 6. The number of fused-ring (bicyclic) bond motifs is 1. The Morgan fingerprint density at radius 3 is 1.87 bits per heavy atom. The Labute approximate surface area is 223 Å². The van der Waals surface area contributed by atoms with Gasteiger partial charge in [-0.15, -0.1) is 0 Å². The second-order valence-electron chi connectivity index (χ2n) is 8.96. The van der Waals surface area contributed by atoms with E-state index in [2.05, 4.69) is 0 Å². The first-order valence-electron chi connectivity index (χ1n) is 12.0. The second-order valence-corrected chi connectivity index (χ2v) is 9.40. The van der Waals surface area contributed by atoms with Gasteiger partial charge in [0.15, 0.2) is 0 Å². The molecular weight excluding hydrogens is 504 g/mol. The smallest absolute Gasteiger partial charge is 0.415 e. The van der Waals surface area contributed by atoms with Gasteiger partial charge in [-0.2, -0.15) is 0 Å². The topological polar surface area (TPSA) is 76.2 Å². The summed E-state index contributed by atoms with van der Waals surface area (Å²) in [4.78, 5) is 41.9. The van der Waals surface area contributed by atoms with Crippen molar-refractivity contribution in [3.8, 4) is 11.5 Å². The molecule has 2 aliphatic rings. The van der Waals surface area contributed by atoms with E-state index in [1.54, 1.807) is 77.7 Å². The van der Waals surface area contributed by atoms with E-state index >= 15 is 0 Å². The summed E-state index contributed by atoms with van der Waals surface area (Å²) in [5.74, 6) is 0.430. The van der Waals surface area contributed by atoms with Gasteiger partial charge >= 0.3 is 6.09 Å². The third kappa shape index (κ3) is 4.27. The first-order chi connectivity index (χ1) is 18.5. The fourth-order valence-electron chi connectivity index (χ4n) is 4.85. The standard InChI is InChI=1S/C30H21ClN2O5/c31-20-10-14-22(15-11-20)37-23-16-12-21(13-17-23)33-27(19-6-2-1-3-7-19)26(38-30(33)36)18-32-28(34)24-8-4-5-9-25(24)29(32)35/h1-17,26-27H,18H2/t26-,27-/m0/s1. The molecule has 6 rings (SSSR count). The molecule has 0 bridgehead atoms. The van der Waals surface area contributed by atoms with Crippen LogP contribution in [-0.2, 0) is 4.74 Å². The van der Waals surface area contributed by atoms with Crippen LogP contribution in [0.3, 0.4) is 0 Å². The van der Waals surface area contributed by atoms with Crippen LogP contribution in [0.1, 0.15) is 32.3 Å². The average molecular weight is 525 g/mol. The third-order valence-electron chi connectivity index (χ3n) is 6.63. The highest BCUT2D eigenvalue weighted by Gasteiger charge is 2.47. The van der Waals surface area contributed by atoms with E-state index in [0.717, 1.165) is 10.5 Å². The van der Waals surface area contributed by atoms with Crippen LogP contribution in [0.15, 0.2) is 103 Å². The Hall–Kier alpha value is -4.62. The van der Waals surface area contributed by atoms with Gasteiger partial charge in [0.25, 0.3) is 11.8 Å². The van der Waals surface area contributed by atoms with Crippen molar-refractivity contribution in [1.82, 2.24) is 4.90 Å². The lowest BCUT2D eigenvalue weighted by molar-refractivity contribution is 0.0533. The molecule has 2 heterocycles. The number of hydrogen-bond donors (Lipinski definition) is 0. The number of carbonyl (C=O) groups is 3. The number of anilines is 1. The maximum atomic E-state index is 13.2. The van der Waals surface area contributed by atoms with E-state index in [4.69, 9.17) is 21.1 Å². The Morgan fingerprint density at radius 1 is 0.711 bits per heavy atom. The van der Waals surface area contributed by atoms with Crippen molar-refractivity contribution >= 4 is 35.2 Å². The molecule has 0 spiro atoms. The fourth-order valence-corrected chi connectivity index (χ4v) is 4.97. The zero-order valence-corrected chi connectivity index (χ0v) is 20.7. The molecule has 3 amide bonds. The van der Waals surface area contributed by atoms with Crippen molar-refractivity contribution in [3.05, 3.63) is 125 Å². The minimum atomic E-state index is -0.767. The van der Waals surface area contributed by atoms with E-state index in [9.17, 15) is 14.4 Å². The molecule has 38 heavy (non-hydrogen) atoms. The highest BCUT2D eigenvalue weighted by Crippen LogP contribution is 2.39. The molecule has 2 aliphatic heterocycles. The van der Waals surface area contributed by atoms with Crippen LogP contribution in [0.4, 0.5) is 10.5 Å². The molecule has 2 atom stereocenters. The van der Waals surface area contributed by atoms with Crippen LogP contribution in [0.5, 0.6) is 11.5 Å². The molecule has 7 nitrogen and oxygen atoms in total. The van der Waals surface area contributed by atoms with Crippen LogP contribution in [-0.4, -0.2) is 35.5 Å². The molecule has 0 N–H and O–H groups in total. The Kier molecular flexibility index (Phi) is 6.05. The van der Waals surface area contributed by atoms with Gasteiger partial charge in [-0.3, -0.25) is 19.4 Å². The number of benzene rings is 4. The lowest BCUT2D eigenvalue weighted by atomic mass is 9.99. The van der Waals surface area contributed by atoms with Gasteiger partial charge in [0.1, 0.15) is 23.6 Å². The van der Waals surface area contributed by atoms with Crippen LogP contribution >= 0.6 is 11.6 Å². The van der Waals surface area contributed by atoms with Gasteiger partial charge in [0.2, 0.25) is 0 Å². The SMILES string of the molecule is O=C1c2ccccc2C(=O)N1C[C@@H]1OC(=O)N(c2ccc(Oc3ccc(Cl)cc3)cc2)[C@H]1c1ccccc1. The number of imide groups is 1. The summed E-state index contributed by atoms with van der Waals surface area (Å²) in [6.07, 6.45) is -1.33. The summed E-state index contributed by atoms with van der Waals surface area (Å²) < 4.78 is 11.7. The average Bonchev–Trinajstić information content (AvgIpc) is 3.40. The van der Waals surface area contributed by atoms with Crippen molar-refractivity contribution in [3.63, 3.8) is 0 Å². The van der Waals surface area contributed by atoms with Gasteiger partial charge in [0, 0.05) is 10.7 Å². The monoisotopic (exact) mass is 524 g/mol. The third-order valence-corrected chi connectivity index (χ3v) is 6.88. The van der Waals surface area contributed by atoms with E-state index in [-0.39, 0.29) is 6.54 Å². The minimum Gasteiger partial charge on any atom is -0.457 e. The van der Waals surface area contributed by atoms with Crippen molar-refractivity contribution in [2.45, 2.75) is 12.1 Å². The van der Waals surface area contributed by atoms with Gasteiger partial charge < -0.3 is 9.47 Å². The number of cyclic esters (lactones) is 1. The maximum absolute atomic E-state index is 13.2. The first kappa shape index (κ1) is 23.8. The number of hydrogen-bond acceptors (Lipinski definition) is 5. The molecule has 8 heteroatoms. The van der Waals surface area contributed by atoms with Gasteiger partial charge in [-0.1, -0.05) is 54.1 Å². The van der Waals surface area contributed by atoms with Gasteiger partial charge in [0.05, 0.1) is 17.7 Å². The Balaban J connectivity index is 1.28. The number of halogens is 1. The molecule has 0 radical (unpaired) electrons. The number of nitrogens with zero attached hydrogens (tertiary/aromatic N) is 2. The summed E-state index contributed by atoms with van der Waals surface area (Å²) in [6, 6.07) is 29.6. The van der Waals surface area contributed by atoms with E-state index in [1.165, 1.54) is 0 Å². The van der Waals surface area contributed by atoms with Crippen molar-refractivity contribution < 1.29 is 23.9 Å². The van der Waals surface area contributed by atoms with Crippen LogP contribution in [0, 0.1) is 0 Å². The van der Waals surface area contributed by atoms with E-state index in [1.807, 2.05) is 30.3 Å². The Morgan fingerprint density at radius 2 is 1.26 bits per heavy atom. The highest BCUT2D eigenvalue weighted by atomic mass is 35.5. The summed E-state index contributed by atoms with van der Waals surface area (Å²) >= 11 is 5.95. The lowest BCUT2D eigenvalue weighted by Crippen LogP contribution is -2.40. The summed E-state index contributed by atoms with van der Waals surface area (Å²) in [5, 5.41) is 0.614. The quantitative estimate of drug-likeness (QED) is 0.269. The molecular formula is C30H21ClN2O5. The van der Waals surface area contributed by atoms with Crippen LogP contribution in [0.2, 0.25) is 5.02 Å². The van der Waals surface area contributed by atoms with Gasteiger partial charge in [-0.25, -0.2) is 4.79 Å². The summed E-state index contributed by atoms with van der Waals surface area (Å²) in [6.45, 7) is -0.0636. The minimum absolute atomic E-state index is 0.0636. The number of amides is 3. The Bertz CT molecular complexity index is 1490. The maximum Gasteiger partial charge on any atom is 0.415 e. The lowest BCUT2D eigenvalue weighted by Gasteiger charge is -2.27. The van der Waals surface area contributed by atoms with Crippen molar-refractivity contribution in [2.75, 3.05) is 11.4 Å². The molecule has 0 aromatic heterocycles. The van der Waals surface area contributed by atoms with Gasteiger partial charge in [-0.05, 0) is 66.2 Å². The zero-order valence-electron chi connectivity index (χ0n) is 20.0. The molecule has 1 fully saturated rings. The highest BCUT2D eigenvalue weighted by molar-refractivity contribution is 6.30. The first-order valence-corrected chi connectivity index (χ1v) is 12.4. The predicted molar refractivity (Wildman–Crippen MR) is 142 cm³/mol. The molecule has 0 unspecified atom stereocenters. The fraction of sp³-hybridized carbons (Fsp3) is 0.100. The summed E-state index contributed by atoms with van der Waals surface area (Å²) in [7, 11) is 0. The predicted octanol–water partition coefficient (Wildman–Crippen LogP) is 6.50. The molecule has 188 valence electrons. The van der Waals surface area contributed by atoms with Crippen LogP contribution < -0.4 is 9.64 Å². The number of carbonyl (C=O) groups excluding carboxylic acids is 3. The largest absolute Gasteiger partial charge is 0.457 e. The molecule has 0 aliphatic carbocycles. The summed E-state index contributed by atoms with van der Waals surface area (Å²) in [5.41, 5.74) is 2.12. The van der Waals surface area contributed by atoms with E-state index in [0.29, 0.717) is 33.3 Å². The molecule has 0 saturated carbocycles. The second kappa shape index (κ2) is 9.68. The molecule has 4 aromatic carbocycles. The number of ether oxygens (including phenoxy) is 2. The van der Waals surface area contributed by atoms with Crippen molar-refractivity contribution in [2.24, 2.45) is 0 Å². The molecule has 4 aromatic rings. The molecule has 1 saturated heterocycles. The van der Waals surface area contributed by atoms with Crippen LogP contribution in [0.25, 0.3) is 0 Å².